The number of hydrogen-bond acceptors (Lipinski definition) is 4. The maximum Gasteiger partial charge on any atom is 0.0897 e. The van der Waals surface area contributed by atoms with Gasteiger partial charge in [-0.3, -0.25) is 0 Å². The molecule has 1 aromatic rings. The molecular formula is C26H46N4. The number of rotatable bonds is 14. The molecule has 170 valence electrons. The van der Waals surface area contributed by atoms with Crippen LogP contribution in [0.1, 0.15) is 90.2 Å². The minimum Gasteiger partial charge on any atom is -0.328 e. The van der Waals surface area contributed by atoms with Crippen molar-refractivity contribution in [2.45, 2.75) is 92.0 Å². The van der Waals surface area contributed by atoms with Gasteiger partial charge in [0.2, 0.25) is 0 Å². The van der Waals surface area contributed by atoms with Crippen LogP contribution in [-0.2, 0) is 0 Å². The van der Waals surface area contributed by atoms with E-state index in [1.54, 1.807) is 0 Å². The van der Waals surface area contributed by atoms with E-state index in [-0.39, 0.29) is 6.04 Å². The van der Waals surface area contributed by atoms with Crippen molar-refractivity contribution >= 4 is 5.71 Å². The highest BCUT2D eigenvalue weighted by atomic mass is 15.8. The van der Waals surface area contributed by atoms with Crippen molar-refractivity contribution in [3.8, 4) is 0 Å². The number of nitrogens with zero attached hydrogens (tertiary/aromatic N) is 3. The summed E-state index contributed by atoms with van der Waals surface area (Å²) in [6, 6.07) is 8.96. The summed E-state index contributed by atoms with van der Waals surface area (Å²) in [6.07, 6.45) is 10.1. The van der Waals surface area contributed by atoms with E-state index >= 15 is 0 Å². The van der Waals surface area contributed by atoms with Gasteiger partial charge >= 0.3 is 0 Å². The molecule has 1 heterocycles. The Morgan fingerprint density at radius 2 is 1.47 bits per heavy atom. The third-order valence-electron chi connectivity index (χ3n) is 6.72. The van der Waals surface area contributed by atoms with E-state index in [1.807, 2.05) is 0 Å². The van der Waals surface area contributed by atoms with Gasteiger partial charge in [-0.2, -0.15) is 10.1 Å². The number of hydrazine groups is 1. The molecule has 4 heteroatoms. The van der Waals surface area contributed by atoms with Gasteiger partial charge in [0, 0.05) is 13.1 Å². The van der Waals surface area contributed by atoms with Crippen LogP contribution in [0, 0.1) is 18.8 Å². The van der Waals surface area contributed by atoms with Crippen LogP contribution in [0.2, 0.25) is 0 Å². The Balaban J connectivity index is 2.28. The molecule has 1 aliphatic heterocycles. The third-order valence-corrected chi connectivity index (χ3v) is 6.72. The molecule has 0 aromatic heterocycles. The van der Waals surface area contributed by atoms with Crippen LogP contribution in [-0.4, -0.2) is 41.5 Å². The van der Waals surface area contributed by atoms with Gasteiger partial charge in [-0.1, -0.05) is 96.0 Å². The van der Waals surface area contributed by atoms with Crippen LogP contribution < -0.4 is 5.73 Å². The molecule has 0 fully saturated rings. The molecule has 0 saturated carbocycles. The van der Waals surface area contributed by atoms with Crippen molar-refractivity contribution in [3.63, 3.8) is 0 Å². The van der Waals surface area contributed by atoms with Crippen LogP contribution in [0.3, 0.4) is 0 Å². The van der Waals surface area contributed by atoms with E-state index in [2.05, 4.69) is 69.0 Å². The maximum absolute atomic E-state index is 6.36. The normalized spacial score (nSPS) is 19.2. The van der Waals surface area contributed by atoms with Gasteiger partial charge < -0.3 is 5.73 Å². The molecule has 0 bridgehead atoms. The lowest BCUT2D eigenvalue weighted by Crippen LogP contribution is -2.50. The molecule has 0 aliphatic carbocycles. The molecule has 0 amide bonds. The first-order chi connectivity index (χ1) is 14.6. The largest absolute Gasteiger partial charge is 0.328 e. The minimum atomic E-state index is 0.173. The Bertz CT molecular complexity index is 624. The summed E-state index contributed by atoms with van der Waals surface area (Å²) in [4.78, 5) is 0. The highest BCUT2D eigenvalue weighted by molar-refractivity contribution is 6.05. The quantitative estimate of drug-likeness (QED) is 0.406. The summed E-state index contributed by atoms with van der Waals surface area (Å²) in [5.74, 6) is 1.38. The fourth-order valence-electron chi connectivity index (χ4n) is 4.46. The molecule has 1 aliphatic rings. The first kappa shape index (κ1) is 24.9. The molecule has 0 spiro atoms. The van der Waals surface area contributed by atoms with Gasteiger partial charge in [-0.05, 0) is 37.2 Å². The molecule has 4 nitrogen and oxygen atoms in total. The van der Waals surface area contributed by atoms with Crippen LogP contribution >= 0.6 is 0 Å². The van der Waals surface area contributed by atoms with E-state index < -0.39 is 0 Å². The van der Waals surface area contributed by atoms with E-state index in [4.69, 9.17) is 10.8 Å². The van der Waals surface area contributed by atoms with Gasteiger partial charge in [0.1, 0.15) is 0 Å². The van der Waals surface area contributed by atoms with Gasteiger partial charge in [0.05, 0.1) is 18.3 Å². The van der Waals surface area contributed by atoms with Crippen molar-refractivity contribution in [2.75, 3.05) is 19.6 Å². The van der Waals surface area contributed by atoms with Crippen LogP contribution in [0.5, 0.6) is 0 Å². The lowest BCUT2D eigenvalue weighted by atomic mass is 9.97. The van der Waals surface area contributed by atoms with Gasteiger partial charge in [0.15, 0.2) is 0 Å². The number of unbranched alkanes of at least 4 members (excludes halogenated alkanes) is 2. The fraction of sp³-hybridized carbons (Fsp3) is 0.731. The lowest BCUT2D eigenvalue weighted by molar-refractivity contribution is -0.0436. The number of nitrogens with two attached hydrogens (primary N) is 1. The Hall–Kier alpha value is -1.39. The highest BCUT2D eigenvalue weighted by Crippen LogP contribution is 2.27. The first-order valence-electron chi connectivity index (χ1n) is 12.5. The zero-order valence-electron chi connectivity index (χ0n) is 20.2. The molecule has 3 atom stereocenters. The molecule has 3 unspecified atom stereocenters. The van der Waals surface area contributed by atoms with E-state index in [0.717, 1.165) is 18.8 Å². The second kappa shape index (κ2) is 13.1. The highest BCUT2D eigenvalue weighted by Gasteiger charge is 2.36. The maximum atomic E-state index is 6.36. The van der Waals surface area contributed by atoms with Gasteiger partial charge in [0.25, 0.3) is 0 Å². The predicted molar refractivity (Wildman–Crippen MR) is 131 cm³/mol. The molecule has 30 heavy (non-hydrogen) atoms. The van der Waals surface area contributed by atoms with Crippen molar-refractivity contribution in [1.29, 1.82) is 0 Å². The Morgan fingerprint density at radius 3 is 1.97 bits per heavy atom. The van der Waals surface area contributed by atoms with Gasteiger partial charge in [-0.15, -0.1) is 0 Å². The first-order valence-corrected chi connectivity index (χ1v) is 12.5. The lowest BCUT2D eigenvalue weighted by Gasteiger charge is -2.36. The zero-order chi connectivity index (χ0) is 21.9. The summed E-state index contributed by atoms with van der Waals surface area (Å²) < 4.78 is 0. The average Bonchev–Trinajstić information content (AvgIpc) is 3.11. The number of benzene rings is 1. The van der Waals surface area contributed by atoms with E-state index in [9.17, 15) is 0 Å². The predicted octanol–water partition coefficient (Wildman–Crippen LogP) is 5.99. The monoisotopic (exact) mass is 414 g/mol. The topological polar surface area (TPSA) is 44.9 Å². The van der Waals surface area contributed by atoms with E-state index in [0.29, 0.717) is 18.4 Å². The number of aryl methyl sites for hydroxylation is 1. The summed E-state index contributed by atoms with van der Waals surface area (Å²) in [5, 5.41) is 9.99. The summed E-state index contributed by atoms with van der Waals surface area (Å²) in [7, 11) is 0. The fourth-order valence-corrected chi connectivity index (χ4v) is 4.46. The van der Waals surface area contributed by atoms with Gasteiger partial charge in [-0.25, -0.2) is 5.12 Å². The van der Waals surface area contributed by atoms with Crippen molar-refractivity contribution in [3.05, 3.63) is 35.4 Å². The second-order valence-corrected chi connectivity index (χ2v) is 9.11. The van der Waals surface area contributed by atoms with Crippen molar-refractivity contribution < 1.29 is 0 Å². The third kappa shape index (κ3) is 6.81. The SMILES string of the molecule is CCCCC(CC)CN1N=C(c2ccc(C)cc2)C(CN)N1CC(CC)CCCC. The molecule has 2 N–H and O–H groups in total. The summed E-state index contributed by atoms with van der Waals surface area (Å²) in [6.45, 7) is 14.0. The second-order valence-electron chi connectivity index (χ2n) is 9.11. The van der Waals surface area contributed by atoms with Crippen LogP contribution in [0.15, 0.2) is 29.4 Å². The molecule has 0 radical (unpaired) electrons. The number of hydrogen-bond donors (Lipinski definition) is 1. The van der Waals surface area contributed by atoms with E-state index in [1.165, 1.54) is 62.5 Å². The summed E-state index contributed by atoms with van der Waals surface area (Å²) in [5.41, 5.74) is 10.0. The molecule has 0 saturated heterocycles. The Kier molecular flexibility index (Phi) is 10.9. The van der Waals surface area contributed by atoms with Crippen LogP contribution in [0.25, 0.3) is 0 Å². The minimum absolute atomic E-state index is 0.173. The van der Waals surface area contributed by atoms with Crippen molar-refractivity contribution in [2.24, 2.45) is 22.7 Å². The zero-order valence-corrected chi connectivity index (χ0v) is 20.2. The Labute approximate surface area is 185 Å². The van der Waals surface area contributed by atoms with Crippen LogP contribution in [0.4, 0.5) is 0 Å². The average molecular weight is 415 g/mol. The Morgan fingerprint density at radius 1 is 0.900 bits per heavy atom. The standard InChI is InChI=1S/C26H46N4/c1-6-10-12-22(8-3)19-29-25(18-27)26(24-16-14-21(5)15-17-24)28-30(29)20-23(9-4)13-11-7-2/h14-17,22-23,25H,6-13,18-20,27H2,1-5H3. The smallest absolute Gasteiger partial charge is 0.0897 e. The molecular weight excluding hydrogens is 368 g/mol. The summed E-state index contributed by atoms with van der Waals surface area (Å²) >= 11 is 0. The molecule has 2 rings (SSSR count). The van der Waals surface area contributed by atoms with Crippen molar-refractivity contribution in [1.82, 2.24) is 10.1 Å². The number of hydrazone groups is 1. The molecule has 1 aromatic carbocycles.